The molecule has 0 amide bonds. The fourth-order valence-electron chi connectivity index (χ4n) is 1.01. The number of ether oxygens (including phenoxy) is 1. The van der Waals surface area contributed by atoms with Crippen molar-refractivity contribution in [3.8, 4) is 5.75 Å². The van der Waals surface area contributed by atoms with E-state index in [9.17, 15) is 0 Å². The number of rotatable bonds is 3. The van der Waals surface area contributed by atoms with Crippen LogP contribution in [0.2, 0.25) is 0 Å². The second-order valence-corrected chi connectivity index (χ2v) is 8.74. The minimum atomic E-state index is -1.77. The molecule has 5 heteroatoms. The predicted molar refractivity (Wildman–Crippen MR) is 64.4 cm³/mol. The summed E-state index contributed by atoms with van der Waals surface area (Å²) in [6.07, 6.45) is 0.163. The molecule has 0 atom stereocenters. The van der Waals surface area contributed by atoms with E-state index in [0.29, 0.717) is 0 Å². The molecule has 0 aromatic heterocycles. The summed E-state index contributed by atoms with van der Waals surface area (Å²) in [5, 5.41) is 0. The summed E-state index contributed by atoms with van der Waals surface area (Å²) < 4.78 is 7.51. The van der Waals surface area contributed by atoms with Crippen LogP contribution in [-0.4, -0.2) is 10.7 Å². The minimum Gasteiger partial charge on any atom is -0.693 e. The van der Waals surface area contributed by atoms with Crippen LogP contribution >= 0.6 is 19.4 Å². The third-order valence-electron chi connectivity index (χ3n) is 1.47. The van der Waals surface area contributed by atoms with Crippen molar-refractivity contribution in [2.24, 2.45) is 0 Å². The molecular weight excluding hydrogens is 322 g/mol. The Morgan fingerprint density at radius 1 is 1.27 bits per heavy atom. The van der Waals surface area contributed by atoms with E-state index in [1.807, 2.05) is 42.7 Å². The molecule has 2 nitrogen and oxygen atoms in total. The average molecular weight is 336 g/mol. The third kappa shape index (κ3) is 5.62. The first kappa shape index (κ1) is 15.1. The van der Waals surface area contributed by atoms with Gasteiger partial charge in [-0.25, -0.2) is 0 Å². The van der Waals surface area contributed by atoms with Crippen LogP contribution in [0.3, 0.4) is 0 Å². The van der Waals surface area contributed by atoms with Crippen molar-refractivity contribution >= 4 is 24.0 Å². The zero-order valence-corrected chi connectivity index (χ0v) is 11.8. The van der Waals surface area contributed by atoms with Gasteiger partial charge in [0, 0.05) is 0 Å². The summed E-state index contributed by atoms with van der Waals surface area (Å²) >= 11 is -1.77. The maximum Gasteiger partial charge on any atom is -0.693 e. The standard InChI is InChI=1S/C10H12O.2ClH.H2N.Ru/c1-8(2)11-10-7-5-4-6-9(10)3;;;;/h3-8H,1-2H3;2*1H;1H2;/q;;;-1;+2/p-2. The molecule has 0 saturated heterocycles. The number of hydrogen-bond donors (Lipinski definition) is 0. The Labute approximate surface area is 104 Å². The normalized spacial score (nSPS) is 10.6. The molecule has 0 spiro atoms. The van der Waals surface area contributed by atoms with Crippen LogP contribution in [0.5, 0.6) is 5.75 Å². The molecule has 1 aromatic rings. The summed E-state index contributed by atoms with van der Waals surface area (Å²) in [7, 11) is 11.6. The van der Waals surface area contributed by atoms with Crippen LogP contribution in [0.1, 0.15) is 19.4 Å². The number of halogens is 2. The molecule has 0 saturated carbocycles. The van der Waals surface area contributed by atoms with Gasteiger partial charge in [0.2, 0.25) is 0 Å². The van der Waals surface area contributed by atoms with E-state index >= 15 is 0 Å². The Hall–Kier alpha value is 0.0534. The van der Waals surface area contributed by atoms with Gasteiger partial charge in [0.15, 0.2) is 0 Å². The van der Waals surface area contributed by atoms with Crippen LogP contribution in [0, 0.1) is 0 Å². The van der Waals surface area contributed by atoms with Crippen molar-refractivity contribution < 1.29 is 18.3 Å². The van der Waals surface area contributed by atoms with Crippen LogP contribution in [0.4, 0.5) is 0 Å². The number of para-hydroxylation sites is 1. The molecule has 1 rings (SSSR count). The molecule has 0 bridgehead atoms. The first-order valence-electron chi connectivity index (χ1n) is 4.18. The van der Waals surface area contributed by atoms with Crippen molar-refractivity contribution in [3.63, 3.8) is 0 Å². The summed E-state index contributed by atoms with van der Waals surface area (Å²) in [5.41, 5.74) is 0.991. The van der Waals surface area contributed by atoms with E-state index in [0.717, 1.165) is 11.3 Å². The quantitative estimate of drug-likeness (QED) is 0.760. The van der Waals surface area contributed by atoms with E-state index in [2.05, 4.69) is 0 Å². The monoisotopic (exact) mass is 336 g/mol. The maximum absolute atomic E-state index is 5.82. The summed E-state index contributed by atoms with van der Waals surface area (Å²) in [5.74, 6) is 0.850. The van der Waals surface area contributed by atoms with Crippen molar-refractivity contribution in [1.29, 1.82) is 0 Å². The molecule has 2 N–H and O–H groups in total. The van der Waals surface area contributed by atoms with Gasteiger partial charge in [0.25, 0.3) is 0 Å². The zero-order valence-electron chi connectivity index (χ0n) is 8.56. The molecule has 1 aromatic carbocycles. The van der Waals surface area contributed by atoms with Crippen LogP contribution in [0.25, 0.3) is 6.15 Å². The van der Waals surface area contributed by atoms with Gasteiger partial charge in [-0.1, -0.05) is 0 Å². The minimum absolute atomic E-state index is 0. The molecule has 0 unspecified atom stereocenters. The number of nitrogens with two attached hydrogens (primary N) is 1. The molecule has 0 aliphatic carbocycles. The summed E-state index contributed by atoms with van der Waals surface area (Å²) in [6.45, 7) is 3.99. The Bertz CT molecular complexity index is 338. The Morgan fingerprint density at radius 3 is 2.40 bits per heavy atom. The van der Waals surface area contributed by atoms with Gasteiger partial charge in [-0.05, 0) is 0 Å². The Balaban J connectivity index is 0.00000196. The first-order chi connectivity index (χ1) is 6.59. The number of hydrogen-bond acceptors (Lipinski definition) is 1. The largest absolute Gasteiger partial charge is 0.693 e. The second kappa shape index (κ2) is 7.35. The SMILES string of the molecule is CC(C)Oc1ccccc1[CH]=[Ru]([Cl])[Cl].[NH2-]. The molecule has 0 heterocycles. The van der Waals surface area contributed by atoms with Crippen LogP contribution < -0.4 is 4.74 Å². The van der Waals surface area contributed by atoms with Crippen LogP contribution in [0.15, 0.2) is 24.3 Å². The van der Waals surface area contributed by atoms with Gasteiger partial charge in [0.1, 0.15) is 0 Å². The van der Waals surface area contributed by atoms with E-state index in [1.54, 1.807) is 0 Å². The van der Waals surface area contributed by atoms with E-state index in [4.69, 9.17) is 24.1 Å². The predicted octanol–water partition coefficient (Wildman–Crippen LogP) is 4.27. The zero-order chi connectivity index (χ0) is 10.6. The Morgan fingerprint density at radius 2 is 1.87 bits per heavy atom. The first-order valence-corrected chi connectivity index (χ1v) is 9.66. The third-order valence-corrected chi connectivity index (χ3v) is 3.30. The van der Waals surface area contributed by atoms with Crippen molar-refractivity contribution in [1.82, 2.24) is 0 Å². The fourth-order valence-corrected chi connectivity index (χ4v) is 2.82. The Kier molecular flexibility index (Phi) is 7.37. The fraction of sp³-hybridized carbons (Fsp3) is 0.300. The van der Waals surface area contributed by atoms with Gasteiger partial charge in [-0.15, -0.1) is 0 Å². The van der Waals surface area contributed by atoms with Gasteiger partial charge in [-0.3, -0.25) is 0 Å². The molecule has 0 aliphatic heterocycles. The smallest absolute Gasteiger partial charge is 0.693 e. The van der Waals surface area contributed by atoms with Crippen molar-refractivity contribution in [3.05, 3.63) is 36.0 Å². The van der Waals surface area contributed by atoms with Crippen molar-refractivity contribution in [2.75, 3.05) is 0 Å². The van der Waals surface area contributed by atoms with E-state index in [1.165, 1.54) is 0 Å². The van der Waals surface area contributed by atoms with Gasteiger partial charge >= 0.3 is 97.8 Å². The maximum atomic E-state index is 5.82. The molecule has 0 aliphatic rings. The molecule has 0 fully saturated rings. The molecule has 88 valence electrons. The average Bonchev–Trinajstić information content (AvgIpc) is 2.06. The molecular formula is C10H14Cl2NORu-. The van der Waals surface area contributed by atoms with E-state index < -0.39 is 13.5 Å². The van der Waals surface area contributed by atoms with Gasteiger partial charge in [-0.2, -0.15) is 0 Å². The molecule has 0 radical (unpaired) electrons. The van der Waals surface area contributed by atoms with Crippen molar-refractivity contribution in [2.45, 2.75) is 20.0 Å². The summed E-state index contributed by atoms with van der Waals surface area (Å²) in [6, 6.07) is 7.78. The second-order valence-electron chi connectivity index (χ2n) is 3.01. The molecule has 15 heavy (non-hydrogen) atoms. The van der Waals surface area contributed by atoms with Gasteiger partial charge < -0.3 is 6.15 Å². The topological polar surface area (TPSA) is 42.7 Å². The van der Waals surface area contributed by atoms with Gasteiger partial charge in [0.05, 0.1) is 0 Å². The van der Waals surface area contributed by atoms with E-state index in [-0.39, 0.29) is 12.3 Å². The van der Waals surface area contributed by atoms with Crippen LogP contribution in [-0.2, 0) is 13.5 Å². The number of benzene rings is 1. The summed E-state index contributed by atoms with van der Waals surface area (Å²) in [4.78, 5) is 0.